The Morgan fingerprint density at radius 2 is 2.10 bits per heavy atom. The fourth-order valence-electron chi connectivity index (χ4n) is 2.02. The number of terminal acetylenes is 1. The van der Waals surface area contributed by atoms with Crippen LogP contribution >= 0.6 is 0 Å². The van der Waals surface area contributed by atoms with Gasteiger partial charge in [-0.25, -0.2) is 0 Å². The average molecular weight is 272 g/mol. The molecule has 1 N–H and O–H groups in total. The SMILES string of the molecule is C#CCN(CC)CCOc1ccc(CNC2CC2)cc1. The van der Waals surface area contributed by atoms with E-state index in [1.807, 2.05) is 12.1 Å². The van der Waals surface area contributed by atoms with Gasteiger partial charge < -0.3 is 10.1 Å². The standard InChI is InChI=1S/C17H24N2O/c1-3-11-19(4-2)12-13-20-17-9-5-15(6-10-17)14-18-16-7-8-16/h1,5-6,9-10,16,18H,4,7-8,11-14H2,2H3. The maximum atomic E-state index is 5.75. The molecule has 0 saturated heterocycles. The number of nitrogens with one attached hydrogen (secondary N) is 1. The van der Waals surface area contributed by atoms with E-state index in [1.165, 1.54) is 18.4 Å². The molecule has 2 rings (SSSR count). The summed E-state index contributed by atoms with van der Waals surface area (Å²) in [4.78, 5) is 2.19. The molecule has 3 heteroatoms. The molecule has 0 heterocycles. The Morgan fingerprint density at radius 3 is 2.70 bits per heavy atom. The quantitative estimate of drug-likeness (QED) is 0.698. The molecule has 1 aromatic carbocycles. The second kappa shape index (κ2) is 7.94. The van der Waals surface area contributed by atoms with Crippen LogP contribution in [-0.4, -0.2) is 37.2 Å². The topological polar surface area (TPSA) is 24.5 Å². The van der Waals surface area contributed by atoms with Crippen molar-refractivity contribution in [2.75, 3.05) is 26.2 Å². The largest absolute Gasteiger partial charge is 0.492 e. The molecular formula is C17H24N2O. The lowest BCUT2D eigenvalue weighted by atomic mass is 10.2. The highest BCUT2D eigenvalue weighted by atomic mass is 16.5. The number of hydrogen-bond donors (Lipinski definition) is 1. The number of likely N-dealkylation sites (N-methyl/N-ethyl adjacent to an activating group) is 1. The first-order valence-corrected chi connectivity index (χ1v) is 7.42. The number of benzene rings is 1. The highest BCUT2D eigenvalue weighted by molar-refractivity contribution is 5.27. The first-order valence-electron chi connectivity index (χ1n) is 7.42. The predicted octanol–water partition coefficient (Wildman–Crippen LogP) is 2.27. The zero-order chi connectivity index (χ0) is 14.2. The first kappa shape index (κ1) is 14.9. The molecule has 0 radical (unpaired) electrons. The van der Waals surface area contributed by atoms with Gasteiger partial charge in [0.05, 0.1) is 6.54 Å². The van der Waals surface area contributed by atoms with Gasteiger partial charge in [0.15, 0.2) is 0 Å². The molecule has 1 aromatic rings. The van der Waals surface area contributed by atoms with Crippen LogP contribution in [0.2, 0.25) is 0 Å². The van der Waals surface area contributed by atoms with Gasteiger partial charge in [-0.3, -0.25) is 4.90 Å². The van der Waals surface area contributed by atoms with Crippen molar-refractivity contribution in [2.45, 2.75) is 32.4 Å². The summed E-state index contributed by atoms with van der Waals surface area (Å²) in [6.07, 6.45) is 7.97. The van der Waals surface area contributed by atoms with Crippen LogP contribution in [0.4, 0.5) is 0 Å². The van der Waals surface area contributed by atoms with Crippen molar-refractivity contribution in [3.63, 3.8) is 0 Å². The van der Waals surface area contributed by atoms with Crippen molar-refractivity contribution >= 4 is 0 Å². The van der Waals surface area contributed by atoms with Crippen LogP contribution in [0.15, 0.2) is 24.3 Å². The minimum Gasteiger partial charge on any atom is -0.492 e. The molecule has 3 nitrogen and oxygen atoms in total. The molecule has 1 aliphatic carbocycles. The molecule has 108 valence electrons. The summed E-state index contributed by atoms with van der Waals surface area (Å²) >= 11 is 0. The van der Waals surface area contributed by atoms with Crippen molar-refractivity contribution in [2.24, 2.45) is 0 Å². The molecule has 1 saturated carbocycles. The highest BCUT2D eigenvalue weighted by Crippen LogP contribution is 2.19. The Labute approximate surface area is 122 Å². The number of rotatable bonds is 9. The highest BCUT2D eigenvalue weighted by Gasteiger charge is 2.19. The fourth-order valence-corrected chi connectivity index (χ4v) is 2.02. The van der Waals surface area contributed by atoms with Crippen molar-refractivity contribution in [1.82, 2.24) is 10.2 Å². The number of ether oxygens (including phenoxy) is 1. The Morgan fingerprint density at radius 1 is 1.35 bits per heavy atom. The number of nitrogens with zero attached hydrogens (tertiary/aromatic N) is 1. The van der Waals surface area contributed by atoms with Crippen LogP contribution in [0.25, 0.3) is 0 Å². The van der Waals surface area contributed by atoms with Gasteiger partial charge in [0.25, 0.3) is 0 Å². The third-order valence-electron chi connectivity index (χ3n) is 3.53. The summed E-state index contributed by atoms with van der Waals surface area (Å²) in [5, 5.41) is 3.51. The molecule has 0 unspecified atom stereocenters. The third-order valence-corrected chi connectivity index (χ3v) is 3.53. The number of hydrogen-bond acceptors (Lipinski definition) is 3. The average Bonchev–Trinajstić information content (AvgIpc) is 3.30. The van der Waals surface area contributed by atoms with Crippen molar-refractivity contribution in [3.05, 3.63) is 29.8 Å². The van der Waals surface area contributed by atoms with E-state index in [-0.39, 0.29) is 0 Å². The summed E-state index contributed by atoms with van der Waals surface area (Å²) in [5.74, 6) is 3.59. The lowest BCUT2D eigenvalue weighted by molar-refractivity contribution is 0.231. The molecule has 0 aliphatic heterocycles. The third kappa shape index (κ3) is 5.24. The van der Waals surface area contributed by atoms with Crippen LogP contribution in [0, 0.1) is 12.3 Å². The van der Waals surface area contributed by atoms with E-state index in [1.54, 1.807) is 0 Å². The van der Waals surface area contributed by atoms with Crippen LogP contribution in [0.1, 0.15) is 25.3 Å². The fraction of sp³-hybridized carbons (Fsp3) is 0.529. The maximum Gasteiger partial charge on any atom is 0.119 e. The van der Waals surface area contributed by atoms with Crippen LogP contribution in [-0.2, 0) is 6.54 Å². The molecule has 0 bridgehead atoms. The van der Waals surface area contributed by atoms with E-state index in [0.29, 0.717) is 13.2 Å². The van der Waals surface area contributed by atoms with Gasteiger partial charge in [-0.15, -0.1) is 6.42 Å². The van der Waals surface area contributed by atoms with E-state index in [9.17, 15) is 0 Å². The van der Waals surface area contributed by atoms with Crippen molar-refractivity contribution in [1.29, 1.82) is 0 Å². The second-order valence-electron chi connectivity index (χ2n) is 5.22. The van der Waals surface area contributed by atoms with E-state index in [4.69, 9.17) is 11.2 Å². The molecular weight excluding hydrogens is 248 g/mol. The van der Waals surface area contributed by atoms with Gasteiger partial charge in [-0.1, -0.05) is 25.0 Å². The van der Waals surface area contributed by atoms with E-state index < -0.39 is 0 Å². The van der Waals surface area contributed by atoms with E-state index in [0.717, 1.165) is 31.4 Å². The molecule has 20 heavy (non-hydrogen) atoms. The monoisotopic (exact) mass is 272 g/mol. The zero-order valence-corrected chi connectivity index (χ0v) is 12.3. The summed E-state index contributed by atoms with van der Waals surface area (Å²) in [5.41, 5.74) is 1.31. The normalized spacial score (nSPS) is 14.2. The molecule has 0 spiro atoms. The summed E-state index contributed by atoms with van der Waals surface area (Å²) in [6, 6.07) is 9.10. The van der Waals surface area contributed by atoms with E-state index >= 15 is 0 Å². The summed E-state index contributed by atoms with van der Waals surface area (Å²) in [7, 11) is 0. The zero-order valence-electron chi connectivity index (χ0n) is 12.3. The molecule has 1 aliphatic rings. The van der Waals surface area contributed by atoms with Crippen LogP contribution in [0.3, 0.4) is 0 Å². The van der Waals surface area contributed by atoms with Gasteiger partial charge in [-0.05, 0) is 37.1 Å². The summed E-state index contributed by atoms with van der Waals surface area (Å²) < 4.78 is 5.75. The van der Waals surface area contributed by atoms with Crippen molar-refractivity contribution in [3.8, 4) is 18.1 Å². The van der Waals surface area contributed by atoms with E-state index in [2.05, 4.69) is 35.2 Å². The van der Waals surface area contributed by atoms with Crippen LogP contribution < -0.4 is 10.1 Å². The first-order chi connectivity index (χ1) is 9.81. The molecule has 0 amide bonds. The Balaban J connectivity index is 1.68. The molecule has 0 atom stereocenters. The maximum absolute atomic E-state index is 5.75. The molecule has 1 fully saturated rings. The predicted molar refractivity (Wildman–Crippen MR) is 82.7 cm³/mol. The molecule has 0 aromatic heterocycles. The minimum atomic E-state index is 0.676. The smallest absolute Gasteiger partial charge is 0.119 e. The van der Waals surface area contributed by atoms with Crippen LogP contribution in [0.5, 0.6) is 5.75 Å². The Kier molecular flexibility index (Phi) is 5.91. The lowest BCUT2D eigenvalue weighted by Gasteiger charge is -2.17. The lowest BCUT2D eigenvalue weighted by Crippen LogP contribution is -2.28. The van der Waals surface area contributed by atoms with Crippen molar-refractivity contribution < 1.29 is 4.74 Å². The van der Waals surface area contributed by atoms with Gasteiger partial charge in [-0.2, -0.15) is 0 Å². The Bertz CT molecular complexity index is 431. The summed E-state index contributed by atoms with van der Waals surface area (Å²) in [6.45, 7) is 6.25. The Hall–Kier alpha value is -1.50. The minimum absolute atomic E-state index is 0.676. The van der Waals surface area contributed by atoms with Gasteiger partial charge in [0, 0.05) is 19.1 Å². The van der Waals surface area contributed by atoms with Gasteiger partial charge in [0.2, 0.25) is 0 Å². The van der Waals surface area contributed by atoms with Gasteiger partial charge >= 0.3 is 0 Å². The second-order valence-corrected chi connectivity index (χ2v) is 5.22. The van der Waals surface area contributed by atoms with Gasteiger partial charge in [0.1, 0.15) is 12.4 Å².